The predicted molar refractivity (Wildman–Crippen MR) is 70.1 cm³/mol. The van der Waals surface area contributed by atoms with E-state index in [0.717, 1.165) is 0 Å². The Kier molecular flexibility index (Phi) is 4.11. The highest BCUT2D eigenvalue weighted by atomic mass is 32.2. The van der Waals surface area contributed by atoms with Gasteiger partial charge in [0.25, 0.3) is 15.9 Å². The Balaban J connectivity index is 1.92. The Morgan fingerprint density at radius 2 is 2.15 bits per heavy atom. The largest absolute Gasteiger partial charge is 0.337 e. The molecule has 8 nitrogen and oxygen atoms in total. The predicted octanol–water partition coefficient (Wildman–Crippen LogP) is -0.519. The molecule has 2 aromatic rings. The summed E-state index contributed by atoms with van der Waals surface area (Å²) >= 11 is 0. The van der Waals surface area contributed by atoms with Gasteiger partial charge in [0.15, 0.2) is 5.03 Å². The van der Waals surface area contributed by atoms with E-state index in [1.165, 1.54) is 29.2 Å². The highest BCUT2D eigenvalue weighted by Gasteiger charge is 2.17. The summed E-state index contributed by atoms with van der Waals surface area (Å²) in [5.74, 6) is -0.464. The van der Waals surface area contributed by atoms with Crippen LogP contribution in [0, 0.1) is 0 Å². The molecule has 0 spiro atoms. The standard InChI is InChI=1S/C11H13N5O3S/c1-16-7-5-10(15-16)20(18,19)14-8-13-11(17)9-4-2-3-6-12-9/h2-7,14H,8H2,1H3,(H,13,17). The highest BCUT2D eigenvalue weighted by molar-refractivity contribution is 7.89. The van der Waals surface area contributed by atoms with Gasteiger partial charge in [-0.05, 0) is 18.2 Å². The smallest absolute Gasteiger partial charge is 0.270 e. The summed E-state index contributed by atoms with van der Waals surface area (Å²) in [5, 5.41) is 6.08. The van der Waals surface area contributed by atoms with Crippen LogP contribution in [0.3, 0.4) is 0 Å². The summed E-state index contributed by atoms with van der Waals surface area (Å²) in [6.45, 7) is -0.242. The molecule has 1 amide bonds. The topological polar surface area (TPSA) is 106 Å². The average Bonchev–Trinajstić information content (AvgIpc) is 2.87. The molecule has 0 saturated carbocycles. The summed E-state index contributed by atoms with van der Waals surface area (Å²) < 4.78 is 27.2. The number of carbonyl (C=O) groups excluding carboxylic acids is 1. The average molecular weight is 295 g/mol. The lowest BCUT2D eigenvalue weighted by molar-refractivity contribution is 0.0948. The number of amides is 1. The van der Waals surface area contributed by atoms with Crippen LogP contribution in [-0.2, 0) is 17.1 Å². The van der Waals surface area contributed by atoms with Crippen LogP contribution in [0.5, 0.6) is 0 Å². The number of carbonyl (C=O) groups is 1. The quantitative estimate of drug-likeness (QED) is 0.722. The van der Waals surface area contributed by atoms with E-state index >= 15 is 0 Å². The van der Waals surface area contributed by atoms with Gasteiger partial charge in [0.2, 0.25) is 0 Å². The lowest BCUT2D eigenvalue weighted by atomic mass is 10.3. The van der Waals surface area contributed by atoms with Gasteiger partial charge in [0, 0.05) is 19.4 Å². The number of sulfonamides is 1. The Hall–Kier alpha value is -2.26. The monoisotopic (exact) mass is 295 g/mol. The second kappa shape index (κ2) is 5.80. The van der Waals surface area contributed by atoms with Gasteiger partial charge in [-0.15, -0.1) is 0 Å². The molecular formula is C11H13N5O3S. The summed E-state index contributed by atoms with van der Waals surface area (Å²) in [6, 6.07) is 6.24. The number of nitrogens with one attached hydrogen (secondary N) is 2. The highest BCUT2D eigenvalue weighted by Crippen LogP contribution is 2.02. The number of hydrogen-bond acceptors (Lipinski definition) is 5. The molecule has 2 aromatic heterocycles. The summed E-state index contributed by atoms with van der Waals surface area (Å²) in [7, 11) is -2.12. The van der Waals surface area contributed by atoms with E-state index in [9.17, 15) is 13.2 Å². The first kappa shape index (κ1) is 14.2. The molecule has 9 heteroatoms. The molecule has 2 rings (SSSR count). The molecule has 0 atom stereocenters. The number of aryl methyl sites for hydroxylation is 1. The van der Waals surface area contributed by atoms with E-state index in [1.807, 2.05) is 0 Å². The number of rotatable bonds is 5. The van der Waals surface area contributed by atoms with Gasteiger partial charge in [-0.1, -0.05) is 6.07 Å². The minimum Gasteiger partial charge on any atom is -0.337 e. The van der Waals surface area contributed by atoms with Crippen molar-refractivity contribution < 1.29 is 13.2 Å². The van der Waals surface area contributed by atoms with Crippen molar-refractivity contribution in [3.63, 3.8) is 0 Å². The Morgan fingerprint density at radius 3 is 2.75 bits per heavy atom. The minimum atomic E-state index is -3.73. The maximum atomic E-state index is 11.8. The summed E-state index contributed by atoms with van der Waals surface area (Å²) in [5.41, 5.74) is 0.213. The van der Waals surface area contributed by atoms with E-state index < -0.39 is 15.9 Å². The maximum absolute atomic E-state index is 11.8. The van der Waals surface area contributed by atoms with Gasteiger partial charge in [-0.2, -0.15) is 9.82 Å². The number of pyridine rings is 1. The van der Waals surface area contributed by atoms with Gasteiger partial charge < -0.3 is 5.32 Å². The van der Waals surface area contributed by atoms with Crippen molar-refractivity contribution in [2.45, 2.75) is 5.03 Å². The van der Waals surface area contributed by atoms with Crippen LogP contribution in [0.15, 0.2) is 41.7 Å². The van der Waals surface area contributed by atoms with Gasteiger partial charge >= 0.3 is 0 Å². The molecule has 0 aliphatic carbocycles. The Morgan fingerprint density at radius 1 is 1.35 bits per heavy atom. The van der Waals surface area contributed by atoms with Crippen molar-refractivity contribution in [3.05, 3.63) is 42.4 Å². The number of aromatic nitrogens is 3. The van der Waals surface area contributed by atoms with Crippen molar-refractivity contribution in [1.29, 1.82) is 0 Å². The van der Waals surface area contributed by atoms with Gasteiger partial charge in [0.1, 0.15) is 5.69 Å². The molecule has 0 aromatic carbocycles. The molecule has 2 heterocycles. The second-order valence-corrected chi connectivity index (χ2v) is 5.59. The molecule has 0 aliphatic heterocycles. The van der Waals surface area contributed by atoms with Gasteiger partial charge in [-0.3, -0.25) is 14.5 Å². The van der Waals surface area contributed by atoms with E-state index in [4.69, 9.17) is 0 Å². The third kappa shape index (κ3) is 3.39. The third-order valence-corrected chi connectivity index (χ3v) is 3.67. The zero-order valence-corrected chi connectivity index (χ0v) is 11.5. The van der Waals surface area contributed by atoms with E-state index in [2.05, 4.69) is 20.1 Å². The van der Waals surface area contributed by atoms with E-state index in [1.54, 1.807) is 19.2 Å². The molecule has 0 unspecified atom stereocenters. The molecule has 2 N–H and O–H groups in total. The minimum absolute atomic E-state index is 0.105. The van der Waals surface area contributed by atoms with Crippen LogP contribution < -0.4 is 10.0 Å². The van der Waals surface area contributed by atoms with Crippen LogP contribution >= 0.6 is 0 Å². The Bertz CT molecular complexity index is 696. The molecule has 106 valence electrons. The summed E-state index contributed by atoms with van der Waals surface area (Å²) in [6.07, 6.45) is 2.99. The Labute approximate surface area is 115 Å². The van der Waals surface area contributed by atoms with Crippen LogP contribution in [0.4, 0.5) is 0 Å². The molecule has 0 aliphatic rings. The lowest BCUT2D eigenvalue weighted by Gasteiger charge is -2.06. The van der Waals surface area contributed by atoms with E-state index in [0.29, 0.717) is 0 Å². The zero-order valence-electron chi connectivity index (χ0n) is 10.6. The number of nitrogens with zero attached hydrogens (tertiary/aromatic N) is 3. The van der Waals surface area contributed by atoms with Gasteiger partial charge in [0.05, 0.1) is 6.67 Å². The van der Waals surface area contributed by atoms with Crippen LogP contribution in [0.25, 0.3) is 0 Å². The first-order valence-electron chi connectivity index (χ1n) is 5.67. The van der Waals surface area contributed by atoms with E-state index in [-0.39, 0.29) is 17.4 Å². The maximum Gasteiger partial charge on any atom is 0.270 e. The molecular weight excluding hydrogens is 282 g/mol. The third-order valence-electron chi connectivity index (χ3n) is 2.37. The second-order valence-electron chi connectivity index (χ2n) is 3.87. The molecule has 0 radical (unpaired) electrons. The van der Waals surface area contributed by atoms with Crippen molar-refractivity contribution in [2.24, 2.45) is 7.05 Å². The fourth-order valence-electron chi connectivity index (χ4n) is 1.41. The van der Waals surface area contributed by atoms with Crippen LogP contribution in [0.2, 0.25) is 0 Å². The first-order chi connectivity index (χ1) is 9.49. The normalized spacial score (nSPS) is 11.2. The fraction of sp³-hybridized carbons (Fsp3) is 0.182. The van der Waals surface area contributed by atoms with Crippen LogP contribution in [-0.4, -0.2) is 35.8 Å². The SMILES string of the molecule is Cn1ccc(S(=O)(=O)NCNC(=O)c2ccccn2)n1. The van der Waals surface area contributed by atoms with Crippen molar-refractivity contribution in [3.8, 4) is 0 Å². The summed E-state index contributed by atoms with van der Waals surface area (Å²) in [4.78, 5) is 15.5. The first-order valence-corrected chi connectivity index (χ1v) is 7.16. The zero-order chi connectivity index (χ0) is 14.6. The number of hydrogen-bond donors (Lipinski definition) is 2. The van der Waals surface area contributed by atoms with Crippen LogP contribution in [0.1, 0.15) is 10.5 Å². The molecule has 0 fully saturated rings. The van der Waals surface area contributed by atoms with Gasteiger partial charge in [-0.25, -0.2) is 8.42 Å². The molecule has 0 saturated heterocycles. The van der Waals surface area contributed by atoms with Crippen molar-refractivity contribution in [2.75, 3.05) is 6.67 Å². The van der Waals surface area contributed by atoms with Crippen molar-refractivity contribution in [1.82, 2.24) is 24.8 Å². The lowest BCUT2D eigenvalue weighted by Crippen LogP contribution is -2.37. The molecule has 20 heavy (non-hydrogen) atoms. The fourth-order valence-corrected chi connectivity index (χ4v) is 2.30. The molecule has 0 bridgehead atoms. The van der Waals surface area contributed by atoms with Crippen molar-refractivity contribution >= 4 is 15.9 Å².